The summed E-state index contributed by atoms with van der Waals surface area (Å²) in [4.78, 5) is 4.43. The van der Waals surface area contributed by atoms with Crippen molar-refractivity contribution < 1.29 is 14.2 Å². The topological polar surface area (TPSA) is 35.9 Å². The van der Waals surface area contributed by atoms with Crippen LogP contribution in [0.1, 0.15) is 25.3 Å². The molecule has 4 nitrogen and oxygen atoms in total. The molecule has 2 heterocycles. The average molecular weight is 453 g/mol. The summed E-state index contributed by atoms with van der Waals surface area (Å²) >= 11 is 6.02. The second-order valence-electron chi connectivity index (χ2n) is 8.84. The van der Waals surface area contributed by atoms with Crippen LogP contribution >= 0.6 is 11.6 Å². The molecule has 1 fully saturated rings. The second kappa shape index (κ2) is 8.07. The molecule has 0 aromatic heterocycles. The van der Waals surface area contributed by atoms with Gasteiger partial charge >= 0.3 is 0 Å². The molecule has 0 spiro atoms. The van der Waals surface area contributed by atoms with Gasteiger partial charge in [-0.05, 0) is 61.7 Å². The predicted molar refractivity (Wildman–Crippen MR) is 125 cm³/mol. The molecule has 1 N–H and O–H groups in total. The van der Waals surface area contributed by atoms with Gasteiger partial charge < -0.3 is 14.7 Å². The van der Waals surface area contributed by atoms with Crippen molar-refractivity contribution in [2.75, 3.05) is 24.5 Å². The Morgan fingerprint density at radius 2 is 1.66 bits per heavy atom. The first-order valence-electron chi connectivity index (χ1n) is 10.9. The molecule has 3 aromatic rings. The van der Waals surface area contributed by atoms with E-state index in [1.807, 2.05) is 61.5 Å². The number of fused-ring (bicyclic) bond motifs is 1. The number of piperidine rings is 1. The van der Waals surface area contributed by atoms with E-state index < -0.39 is 11.3 Å². The lowest BCUT2D eigenvalue weighted by Gasteiger charge is -2.51. The smallest absolute Gasteiger partial charge is 0.178 e. The predicted octanol–water partition coefficient (Wildman–Crippen LogP) is 5.71. The van der Waals surface area contributed by atoms with Crippen LogP contribution in [-0.4, -0.2) is 35.4 Å². The molecular formula is C26H26ClFN2O2. The van der Waals surface area contributed by atoms with Crippen LogP contribution in [-0.2, 0) is 5.60 Å². The SMILES string of the molecule is CC1(N2CCC(O)(c3ccc(Cl)cc3)CC2)CN(c2ccccc2)c2ccc(F)cc2O1. The molecule has 1 atom stereocenters. The molecule has 0 amide bonds. The van der Waals surface area contributed by atoms with E-state index in [1.54, 1.807) is 6.07 Å². The van der Waals surface area contributed by atoms with E-state index in [1.165, 1.54) is 12.1 Å². The standard InChI is InChI=1S/C26H26ClFN2O2/c1-25(29-15-13-26(31,14-16-29)19-7-9-20(27)10-8-19)18-30(22-5-3-2-4-6-22)23-12-11-21(28)17-24(23)32-25/h2-12,17,31H,13-16,18H2,1H3. The van der Waals surface area contributed by atoms with Crippen molar-refractivity contribution in [3.63, 3.8) is 0 Å². The number of benzene rings is 3. The van der Waals surface area contributed by atoms with Crippen LogP contribution in [0, 0.1) is 5.82 Å². The van der Waals surface area contributed by atoms with Gasteiger partial charge in [-0.2, -0.15) is 0 Å². The minimum absolute atomic E-state index is 0.322. The Hall–Kier alpha value is -2.60. The third-order valence-electron chi connectivity index (χ3n) is 6.70. The molecular weight excluding hydrogens is 427 g/mol. The number of likely N-dealkylation sites (tertiary alicyclic amines) is 1. The summed E-state index contributed by atoms with van der Waals surface area (Å²) in [5.74, 6) is 0.206. The largest absolute Gasteiger partial charge is 0.469 e. The fraction of sp³-hybridized carbons (Fsp3) is 0.308. The molecule has 1 saturated heterocycles. The lowest BCUT2D eigenvalue weighted by molar-refractivity contribution is -0.117. The number of nitrogens with zero attached hydrogens (tertiary/aromatic N) is 2. The summed E-state index contributed by atoms with van der Waals surface area (Å²) in [6.45, 7) is 3.95. The van der Waals surface area contributed by atoms with E-state index in [2.05, 4.69) is 9.80 Å². The molecule has 5 rings (SSSR count). The van der Waals surface area contributed by atoms with Gasteiger partial charge in [0.25, 0.3) is 0 Å². The molecule has 0 aliphatic carbocycles. The third kappa shape index (κ3) is 3.85. The Bertz CT molecular complexity index is 1100. The highest BCUT2D eigenvalue weighted by atomic mass is 35.5. The van der Waals surface area contributed by atoms with Crippen LogP contribution < -0.4 is 9.64 Å². The van der Waals surface area contributed by atoms with Gasteiger partial charge in [0.05, 0.1) is 17.8 Å². The van der Waals surface area contributed by atoms with E-state index in [4.69, 9.17) is 16.3 Å². The summed E-state index contributed by atoms with van der Waals surface area (Å²) in [7, 11) is 0. The summed E-state index contributed by atoms with van der Waals surface area (Å²) in [5.41, 5.74) is 1.21. The van der Waals surface area contributed by atoms with Gasteiger partial charge in [-0.25, -0.2) is 4.39 Å². The lowest BCUT2D eigenvalue weighted by atomic mass is 9.83. The summed E-state index contributed by atoms with van der Waals surface area (Å²) in [6, 6.07) is 22.2. The molecule has 6 heteroatoms. The summed E-state index contributed by atoms with van der Waals surface area (Å²) in [6.07, 6.45) is 1.16. The highest BCUT2D eigenvalue weighted by molar-refractivity contribution is 6.30. The molecule has 32 heavy (non-hydrogen) atoms. The van der Waals surface area contributed by atoms with Gasteiger partial charge in [0.2, 0.25) is 0 Å². The van der Waals surface area contributed by atoms with Crippen LogP contribution in [0.4, 0.5) is 15.8 Å². The fourth-order valence-corrected chi connectivity index (χ4v) is 4.97. The van der Waals surface area contributed by atoms with E-state index in [9.17, 15) is 9.50 Å². The van der Waals surface area contributed by atoms with Crippen molar-refractivity contribution >= 4 is 23.0 Å². The fourth-order valence-electron chi connectivity index (χ4n) is 4.84. The van der Waals surface area contributed by atoms with E-state index in [-0.39, 0.29) is 5.82 Å². The zero-order chi connectivity index (χ0) is 22.3. The van der Waals surface area contributed by atoms with E-state index in [0.717, 1.165) is 16.9 Å². The maximum atomic E-state index is 14.1. The van der Waals surface area contributed by atoms with Gasteiger partial charge in [0.15, 0.2) is 5.72 Å². The van der Waals surface area contributed by atoms with Crippen molar-refractivity contribution in [2.45, 2.75) is 31.1 Å². The molecule has 3 aromatic carbocycles. The first-order valence-corrected chi connectivity index (χ1v) is 11.3. The van der Waals surface area contributed by atoms with Gasteiger partial charge in [0.1, 0.15) is 11.6 Å². The van der Waals surface area contributed by atoms with Crippen molar-refractivity contribution in [1.29, 1.82) is 0 Å². The number of anilines is 2. The first kappa shape index (κ1) is 21.3. The minimum atomic E-state index is -0.894. The van der Waals surface area contributed by atoms with Gasteiger partial charge in [0, 0.05) is 29.9 Å². The maximum Gasteiger partial charge on any atom is 0.178 e. The number of para-hydroxylation sites is 1. The Balaban J connectivity index is 1.42. The van der Waals surface area contributed by atoms with Crippen LogP contribution in [0.25, 0.3) is 0 Å². The van der Waals surface area contributed by atoms with Crippen LogP contribution in [0.3, 0.4) is 0 Å². The van der Waals surface area contributed by atoms with Crippen molar-refractivity contribution in [1.82, 2.24) is 4.90 Å². The molecule has 0 radical (unpaired) electrons. The zero-order valence-electron chi connectivity index (χ0n) is 18.0. The first-order chi connectivity index (χ1) is 15.4. The quantitative estimate of drug-likeness (QED) is 0.552. The third-order valence-corrected chi connectivity index (χ3v) is 6.95. The molecule has 0 saturated carbocycles. The highest BCUT2D eigenvalue weighted by Crippen LogP contribution is 2.44. The lowest BCUT2D eigenvalue weighted by Crippen LogP contribution is -2.62. The van der Waals surface area contributed by atoms with Crippen LogP contribution in [0.15, 0.2) is 72.8 Å². The van der Waals surface area contributed by atoms with Crippen molar-refractivity contribution in [3.8, 4) is 5.75 Å². The number of aliphatic hydroxyl groups is 1. The Morgan fingerprint density at radius 3 is 2.34 bits per heavy atom. The number of rotatable bonds is 3. The van der Waals surface area contributed by atoms with Crippen LogP contribution in [0.5, 0.6) is 5.75 Å². The second-order valence-corrected chi connectivity index (χ2v) is 9.27. The highest BCUT2D eigenvalue weighted by Gasteiger charge is 2.45. The van der Waals surface area contributed by atoms with Gasteiger partial charge in [-0.1, -0.05) is 41.9 Å². The zero-order valence-corrected chi connectivity index (χ0v) is 18.7. The van der Waals surface area contributed by atoms with Crippen LogP contribution in [0.2, 0.25) is 5.02 Å². The monoisotopic (exact) mass is 452 g/mol. The number of halogens is 2. The van der Waals surface area contributed by atoms with E-state index in [0.29, 0.717) is 43.2 Å². The number of hydrogen-bond acceptors (Lipinski definition) is 4. The van der Waals surface area contributed by atoms with Crippen molar-refractivity contribution in [2.24, 2.45) is 0 Å². The molecule has 166 valence electrons. The Morgan fingerprint density at radius 1 is 0.969 bits per heavy atom. The molecule has 2 aliphatic rings. The Labute approximate surface area is 192 Å². The van der Waals surface area contributed by atoms with E-state index >= 15 is 0 Å². The average Bonchev–Trinajstić information content (AvgIpc) is 2.79. The van der Waals surface area contributed by atoms with Gasteiger partial charge in [-0.15, -0.1) is 0 Å². The normalized spacial score (nSPS) is 22.8. The molecule has 2 aliphatic heterocycles. The summed E-state index contributed by atoms with van der Waals surface area (Å²) < 4.78 is 20.5. The Kier molecular flexibility index (Phi) is 5.36. The maximum absolute atomic E-state index is 14.1. The number of ether oxygens (including phenoxy) is 1. The van der Waals surface area contributed by atoms with Crippen molar-refractivity contribution in [3.05, 3.63) is 89.2 Å². The molecule has 1 unspecified atom stereocenters. The number of hydrogen-bond donors (Lipinski definition) is 1. The van der Waals surface area contributed by atoms with Gasteiger partial charge in [-0.3, -0.25) is 4.90 Å². The summed E-state index contributed by atoms with van der Waals surface area (Å²) in [5, 5.41) is 11.9. The molecule has 0 bridgehead atoms. The minimum Gasteiger partial charge on any atom is -0.469 e.